The first-order chi connectivity index (χ1) is 18.7. The molecule has 2 aliphatic carbocycles. The molecule has 0 aliphatic heterocycles. The molecule has 2 aliphatic rings. The molecule has 1 saturated carbocycles. The van der Waals surface area contributed by atoms with Crippen molar-refractivity contribution in [2.45, 2.75) is 89.9 Å². The number of nitrogen functional groups attached to an aromatic ring is 1. The number of aromatic nitrogens is 2. The molecule has 1 amide bonds. The number of amides is 1. The molecular formula is C28H41N5O6S. The standard InChI is InChI=1S/C28H41N5O6S/c1-27(2,3)39-26(34)32-17-7-9-18(10-8-17)38-21-12-11-19-20(23(21)33-40(35,36)14-13-37-6)15-28(4,5)22-24(19)30-16-31-25(22)29/h11-12,16-18,33H,7-10,13-15H2,1-6H3,(H,32,34)(H2,29,30,31)/t17-,18-. The predicted octanol–water partition coefficient (Wildman–Crippen LogP) is 4.16. The number of nitrogens with one attached hydrogen (secondary N) is 2. The third-order valence-corrected chi connectivity index (χ3v) is 8.42. The molecule has 2 aromatic rings. The number of anilines is 2. The summed E-state index contributed by atoms with van der Waals surface area (Å²) in [5, 5.41) is 2.94. The molecule has 4 rings (SSSR count). The molecule has 12 heteroatoms. The number of methoxy groups -OCH3 is 1. The van der Waals surface area contributed by atoms with Gasteiger partial charge < -0.3 is 25.3 Å². The van der Waals surface area contributed by atoms with Gasteiger partial charge in [0.15, 0.2) is 0 Å². The number of alkyl carbamates (subject to hydrolysis) is 1. The molecule has 1 heterocycles. The minimum absolute atomic E-state index is 0.00677. The summed E-state index contributed by atoms with van der Waals surface area (Å²) in [5.41, 5.74) is 8.81. The lowest BCUT2D eigenvalue weighted by Crippen LogP contribution is -2.42. The second-order valence-electron chi connectivity index (χ2n) is 12.2. The largest absolute Gasteiger partial charge is 0.488 e. The number of benzene rings is 1. The molecule has 4 N–H and O–H groups in total. The van der Waals surface area contributed by atoms with E-state index in [-0.39, 0.29) is 24.5 Å². The van der Waals surface area contributed by atoms with Crippen molar-refractivity contribution in [1.82, 2.24) is 15.3 Å². The van der Waals surface area contributed by atoms with Crippen LogP contribution in [0.25, 0.3) is 11.3 Å². The Morgan fingerprint density at radius 1 is 1.15 bits per heavy atom. The van der Waals surface area contributed by atoms with Crippen LogP contribution in [0.3, 0.4) is 0 Å². The highest BCUT2D eigenvalue weighted by Gasteiger charge is 2.37. The number of ether oxygens (including phenoxy) is 3. The molecule has 0 saturated heterocycles. The van der Waals surface area contributed by atoms with Crippen LogP contribution >= 0.6 is 0 Å². The lowest BCUT2D eigenvalue weighted by Gasteiger charge is -2.36. The smallest absolute Gasteiger partial charge is 0.407 e. The molecule has 11 nitrogen and oxygen atoms in total. The van der Waals surface area contributed by atoms with Crippen LogP contribution in [-0.2, 0) is 31.3 Å². The Morgan fingerprint density at radius 3 is 2.50 bits per heavy atom. The van der Waals surface area contributed by atoms with Crippen molar-refractivity contribution >= 4 is 27.6 Å². The number of nitrogens with zero attached hydrogens (tertiary/aromatic N) is 2. The number of hydrogen-bond acceptors (Lipinski definition) is 9. The molecular weight excluding hydrogens is 534 g/mol. The van der Waals surface area contributed by atoms with Gasteiger partial charge in [-0.3, -0.25) is 4.72 Å². The van der Waals surface area contributed by atoms with Gasteiger partial charge in [-0.15, -0.1) is 0 Å². The van der Waals surface area contributed by atoms with Gasteiger partial charge >= 0.3 is 6.09 Å². The third kappa shape index (κ3) is 6.95. The van der Waals surface area contributed by atoms with Crippen LogP contribution in [0.15, 0.2) is 18.5 Å². The molecule has 0 bridgehead atoms. The second-order valence-corrected chi connectivity index (χ2v) is 14.0. The molecule has 0 atom stereocenters. The molecule has 1 aromatic heterocycles. The van der Waals surface area contributed by atoms with E-state index >= 15 is 0 Å². The van der Waals surface area contributed by atoms with E-state index in [0.717, 1.165) is 29.5 Å². The molecule has 1 fully saturated rings. The van der Waals surface area contributed by atoms with Crippen molar-refractivity contribution in [2.75, 3.05) is 29.9 Å². The Morgan fingerprint density at radius 2 is 1.85 bits per heavy atom. The lowest BCUT2D eigenvalue weighted by atomic mass is 9.71. The van der Waals surface area contributed by atoms with Gasteiger partial charge in [0.1, 0.15) is 23.5 Å². The summed E-state index contributed by atoms with van der Waals surface area (Å²) in [4.78, 5) is 20.9. The average Bonchev–Trinajstić information content (AvgIpc) is 2.84. The summed E-state index contributed by atoms with van der Waals surface area (Å²) in [6, 6.07) is 3.69. The topological polar surface area (TPSA) is 155 Å². The van der Waals surface area contributed by atoms with Gasteiger partial charge in [-0.2, -0.15) is 0 Å². The Labute approximate surface area is 236 Å². The molecule has 0 radical (unpaired) electrons. The monoisotopic (exact) mass is 575 g/mol. The zero-order valence-electron chi connectivity index (χ0n) is 24.2. The molecule has 220 valence electrons. The highest BCUT2D eigenvalue weighted by atomic mass is 32.2. The molecule has 0 unspecified atom stereocenters. The Hall–Kier alpha value is -3.12. The normalized spacial score (nSPS) is 20.1. The van der Waals surface area contributed by atoms with Crippen molar-refractivity contribution in [3.8, 4) is 17.0 Å². The van der Waals surface area contributed by atoms with Gasteiger partial charge in [0.2, 0.25) is 10.0 Å². The Balaban J connectivity index is 1.61. The number of sulfonamides is 1. The Kier molecular flexibility index (Phi) is 8.51. The number of hydrogen-bond donors (Lipinski definition) is 3. The molecule has 1 aromatic carbocycles. The van der Waals surface area contributed by atoms with E-state index < -0.39 is 27.1 Å². The van der Waals surface area contributed by atoms with Gasteiger partial charge in [0.25, 0.3) is 0 Å². The number of carbonyl (C=O) groups excluding carboxylic acids is 1. The maximum atomic E-state index is 13.1. The molecule has 0 spiro atoms. The van der Waals surface area contributed by atoms with Crippen LogP contribution in [0.1, 0.15) is 71.4 Å². The minimum atomic E-state index is -3.73. The first-order valence-corrected chi connectivity index (χ1v) is 15.3. The van der Waals surface area contributed by atoms with E-state index in [1.807, 2.05) is 40.7 Å². The van der Waals surface area contributed by atoms with Crippen LogP contribution in [0.2, 0.25) is 0 Å². The summed E-state index contributed by atoms with van der Waals surface area (Å²) < 4.78 is 45.8. The van der Waals surface area contributed by atoms with Crippen molar-refractivity contribution in [3.05, 3.63) is 29.6 Å². The minimum Gasteiger partial charge on any atom is -0.488 e. The number of rotatable bonds is 8. The number of nitrogens with two attached hydrogens (primary N) is 1. The highest BCUT2D eigenvalue weighted by molar-refractivity contribution is 7.92. The van der Waals surface area contributed by atoms with E-state index in [2.05, 4.69) is 20.0 Å². The van der Waals surface area contributed by atoms with E-state index in [1.54, 1.807) is 6.07 Å². The summed E-state index contributed by atoms with van der Waals surface area (Å²) in [6.45, 7) is 9.65. The summed E-state index contributed by atoms with van der Waals surface area (Å²) in [5.74, 6) is 0.688. The number of fused-ring (bicyclic) bond motifs is 3. The Bertz CT molecular complexity index is 1350. The summed E-state index contributed by atoms with van der Waals surface area (Å²) in [7, 11) is -2.26. The summed E-state index contributed by atoms with van der Waals surface area (Å²) in [6.07, 6.45) is 4.22. The van der Waals surface area contributed by atoms with Gasteiger partial charge in [-0.1, -0.05) is 13.8 Å². The second kappa shape index (κ2) is 11.4. The summed E-state index contributed by atoms with van der Waals surface area (Å²) >= 11 is 0. The molecule has 40 heavy (non-hydrogen) atoms. The maximum Gasteiger partial charge on any atom is 0.407 e. The highest BCUT2D eigenvalue weighted by Crippen LogP contribution is 2.49. The maximum absolute atomic E-state index is 13.1. The van der Waals surface area contributed by atoms with Crippen molar-refractivity contribution in [3.63, 3.8) is 0 Å². The van der Waals surface area contributed by atoms with Crippen LogP contribution in [0.4, 0.5) is 16.3 Å². The van der Waals surface area contributed by atoms with Gasteiger partial charge in [0.05, 0.1) is 29.8 Å². The van der Waals surface area contributed by atoms with Crippen LogP contribution in [0.5, 0.6) is 5.75 Å². The van der Waals surface area contributed by atoms with Gasteiger partial charge in [0, 0.05) is 24.3 Å². The van der Waals surface area contributed by atoms with Crippen LogP contribution in [0, 0.1) is 0 Å². The van der Waals surface area contributed by atoms with E-state index in [4.69, 9.17) is 19.9 Å². The van der Waals surface area contributed by atoms with Crippen molar-refractivity contribution < 1.29 is 27.4 Å². The van der Waals surface area contributed by atoms with Crippen molar-refractivity contribution in [2.24, 2.45) is 0 Å². The zero-order valence-corrected chi connectivity index (χ0v) is 25.0. The fourth-order valence-corrected chi connectivity index (χ4v) is 6.44. The van der Waals surface area contributed by atoms with Gasteiger partial charge in [-0.05, 0) is 76.0 Å². The van der Waals surface area contributed by atoms with E-state index in [1.165, 1.54) is 13.4 Å². The van der Waals surface area contributed by atoms with Gasteiger partial charge in [-0.25, -0.2) is 23.2 Å². The average molecular weight is 576 g/mol. The first-order valence-electron chi connectivity index (χ1n) is 13.6. The quantitative estimate of drug-likeness (QED) is 0.421. The van der Waals surface area contributed by atoms with E-state index in [0.29, 0.717) is 42.2 Å². The van der Waals surface area contributed by atoms with E-state index in [9.17, 15) is 13.2 Å². The third-order valence-electron chi connectivity index (χ3n) is 7.20. The van der Waals surface area contributed by atoms with Crippen molar-refractivity contribution in [1.29, 1.82) is 0 Å². The zero-order chi connectivity index (χ0) is 29.3. The first kappa shape index (κ1) is 29.9. The fourth-order valence-electron chi connectivity index (χ4n) is 5.42. The SMILES string of the molecule is COCCS(=O)(=O)Nc1c(O[C@H]2CC[C@H](NC(=O)OC(C)(C)C)CC2)ccc2c1CC(C)(C)c1c(N)ncnc1-2. The number of carbonyl (C=O) groups is 1. The lowest BCUT2D eigenvalue weighted by molar-refractivity contribution is 0.0471. The van der Waals surface area contributed by atoms with Crippen LogP contribution < -0.4 is 20.5 Å². The fraction of sp³-hybridized carbons (Fsp3) is 0.607. The predicted molar refractivity (Wildman–Crippen MR) is 154 cm³/mol. The van der Waals surface area contributed by atoms with Crippen LogP contribution in [-0.4, -0.2) is 61.7 Å².